The summed E-state index contributed by atoms with van der Waals surface area (Å²) < 4.78 is 1.70. The molecule has 72 valence electrons. The Kier molecular flexibility index (Phi) is 1.92. The molecule has 14 heavy (non-hydrogen) atoms. The number of nitrogens with zero attached hydrogens (tertiary/aromatic N) is 4. The molecule has 2 N–H and O–H groups in total. The van der Waals surface area contributed by atoms with Gasteiger partial charge in [0.05, 0.1) is 0 Å². The van der Waals surface area contributed by atoms with Crippen molar-refractivity contribution >= 4 is 5.82 Å². The quantitative estimate of drug-likeness (QED) is 0.719. The number of hydrogen-bond donors (Lipinski definition) is 1. The standard InChI is InChI=1S/C9H11N5/c1-6-5-11-9(12-8(6)10)7-3-4-14(2)13-7/h3-5H,1-2H3,(H2,10,11,12). The highest BCUT2D eigenvalue weighted by atomic mass is 15.3. The van der Waals surface area contributed by atoms with Crippen LogP contribution in [0.4, 0.5) is 5.82 Å². The molecular formula is C9H11N5. The Morgan fingerprint density at radius 1 is 1.43 bits per heavy atom. The van der Waals surface area contributed by atoms with Gasteiger partial charge >= 0.3 is 0 Å². The lowest BCUT2D eigenvalue weighted by atomic mass is 10.3. The fourth-order valence-corrected chi connectivity index (χ4v) is 1.11. The first-order valence-electron chi connectivity index (χ1n) is 4.26. The first kappa shape index (κ1) is 8.68. The summed E-state index contributed by atoms with van der Waals surface area (Å²) in [4.78, 5) is 8.30. The molecule has 2 aromatic rings. The lowest BCUT2D eigenvalue weighted by Gasteiger charge is -1.99. The van der Waals surface area contributed by atoms with Crippen molar-refractivity contribution in [2.24, 2.45) is 7.05 Å². The molecule has 0 spiro atoms. The Balaban J connectivity index is 2.47. The summed E-state index contributed by atoms with van der Waals surface area (Å²) in [5.41, 5.74) is 7.29. The average Bonchev–Trinajstić information content (AvgIpc) is 2.57. The van der Waals surface area contributed by atoms with E-state index in [2.05, 4.69) is 15.1 Å². The van der Waals surface area contributed by atoms with E-state index in [-0.39, 0.29) is 0 Å². The molecule has 2 rings (SSSR count). The van der Waals surface area contributed by atoms with Gasteiger partial charge in [-0.25, -0.2) is 9.97 Å². The van der Waals surface area contributed by atoms with Crippen LogP contribution in [0.1, 0.15) is 5.56 Å². The smallest absolute Gasteiger partial charge is 0.182 e. The average molecular weight is 189 g/mol. The lowest BCUT2D eigenvalue weighted by Crippen LogP contribution is -1.99. The van der Waals surface area contributed by atoms with Crippen LogP contribution in [-0.2, 0) is 7.05 Å². The van der Waals surface area contributed by atoms with Gasteiger partial charge in [-0.2, -0.15) is 5.10 Å². The van der Waals surface area contributed by atoms with Crippen molar-refractivity contribution < 1.29 is 0 Å². The Labute approximate surface area is 81.6 Å². The Hall–Kier alpha value is -1.91. The zero-order valence-electron chi connectivity index (χ0n) is 8.10. The normalized spacial score (nSPS) is 10.4. The minimum absolute atomic E-state index is 0.501. The molecule has 0 fully saturated rings. The molecule has 0 atom stereocenters. The molecule has 0 aromatic carbocycles. The first-order chi connectivity index (χ1) is 6.66. The van der Waals surface area contributed by atoms with Crippen molar-refractivity contribution in [2.45, 2.75) is 6.92 Å². The summed E-state index contributed by atoms with van der Waals surface area (Å²) in [6.45, 7) is 1.87. The molecule has 2 heterocycles. The molecule has 0 aliphatic rings. The molecule has 2 aromatic heterocycles. The van der Waals surface area contributed by atoms with Crippen molar-refractivity contribution in [3.8, 4) is 11.5 Å². The number of hydrogen-bond acceptors (Lipinski definition) is 4. The van der Waals surface area contributed by atoms with Crippen LogP contribution in [0, 0.1) is 6.92 Å². The van der Waals surface area contributed by atoms with Gasteiger partial charge in [-0.1, -0.05) is 0 Å². The highest BCUT2D eigenvalue weighted by molar-refractivity contribution is 5.52. The first-order valence-corrected chi connectivity index (χ1v) is 4.26. The predicted molar refractivity (Wildman–Crippen MR) is 53.4 cm³/mol. The molecule has 0 saturated carbocycles. The molecule has 0 aliphatic carbocycles. The van der Waals surface area contributed by atoms with Gasteiger partial charge in [0.1, 0.15) is 11.5 Å². The van der Waals surface area contributed by atoms with Crippen LogP contribution in [0.5, 0.6) is 0 Å². The van der Waals surface area contributed by atoms with E-state index in [4.69, 9.17) is 5.73 Å². The van der Waals surface area contributed by atoms with Crippen molar-refractivity contribution in [3.63, 3.8) is 0 Å². The van der Waals surface area contributed by atoms with Gasteiger partial charge in [-0.3, -0.25) is 4.68 Å². The van der Waals surface area contributed by atoms with E-state index in [0.29, 0.717) is 11.6 Å². The summed E-state index contributed by atoms with van der Waals surface area (Å²) in [6.07, 6.45) is 3.54. The molecule has 5 nitrogen and oxygen atoms in total. The van der Waals surface area contributed by atoms with E-state index in [1.165, 1.54) is 0 Å². The highest BCUT2D eigenvalue weighted by Crippen LogP contribution is 2.14. The predicted octanol–water partition coefficient (Wildman–Crippen LogP) is 0.768. The fourth-order valence-electron chi connectivity index (χ4n) is 1.11. The molecule has 0 saturated heterocycles. The van der Waals surface area contributed by atoms with Crippen LogP contribution in [0.15, 0.2) is 18.5 Å². The van der Waals surface area contributed by atoms with E-state index in [9.17, 15) is 0 Å². The summed E-state index contributed by atoms with van der Waals surface area (Å²) >= 11 is 0. The third-order valence-electron chi connectivity index (χ3n) is 1.95. The Bertz CT molecular complexity index is 460. The SMILES string of the molecule is Cc1cnc(-c2ccn(C)n2)nc1N. The number of nitrogens with two attached hydrogens (primary N) is 1. The van der Waals surface area contributed by atoms with E-state index in [1.54, 1.807) is 10.9 Å². The van der Waals surface area contributed by atoms with Crippen LogP contribution < -0.4 is 5.73 Å². The van der Waals surface area contributed by atoms with E-state index < -0.39 is 0 Å². The number of aryl methyl sites for hydroxylation is 2. The second kappa shape index (κ2) is 3.10. The van der Waals surface area contributed by atoms with Crippen LogP contribution in [-0.4, -0.2) is 19.7 Å². The molecular weight excluding hydrogens is 178 g/mol. The number of aromatic nitrogens is 4. The second-order valence-corrected chi connectivity index (χ2v) is 3.14. The minimum Gasteiger partial charge on any atom is -0.383 e. The van der Waals surface area contributed by atoms with Gasteiger partial charge in [-0.15, -0.1) is 0 Å². The Morgan fingerprint density at radius 2 is 2.21 bits per heavy atom. The van der Waals surface area contributed by atoms with Crippen LogP contribution in [0.2, 0.25) is 0 Å². The van der Waals surface area contributed by atoms with Crippen molar-refractivity contribution in [1.82, 2.24) is 19.7 Å². The van der Waals surface area contributed by atoms with Crippen LogP contribution >= 0.6 is 0 Å². The summed E-state index contributed by atoms with van der Waals surface area (Å²) in [5, 5.41) is 4.19. The maximum atomic E-state index is 5.68. The lowest BCUT2D eigenvalue weighted by molar-refractivity contribution is 0.768. The zero-order chi connectivity index (χ0) is 10.1. The minimum atomic E-state index is 0.501. The van der Waals surface area contributed by atoms with E-state index >= 15 is 0 Å². The fraction of sp³-hybridized carbons (Fsp3) is 0.222. The van der Waals surface area contributed by atoms with Gasteiger partial charge in [-0.05, 0) is 13.0 Å². The third-order valence-corrected chi connectivity index (χ3v) is 1.95. The Morgan fingerprint density at radius 3 is 2.79 bits per heavy atom. The molecule has 0 aliphatic heterocycles. The zero-order valence-corrected chi connectivity index (χ0v) is 8.10. The number of anilines is 1. The molecule has 0 bridgehead atoms. The van der Waals surface area contributed by atoms with Crippen LogP contribution in [0.3, 0.4) is 0 Å². The van der Waals surface area contributed by atoms with Crippen LogP contribution in [0.25, 0.3) is 11.5 Å². The third kappa shape index (κ3) is 1.44. The summed E-state index contributed by atoms with van der Waals surface area (Å²) in [7, 11) is 1.85. The summed E-state index contributed by atoms with van der Waals surface area (Å²) in [5.74, 6) is 1.06. The topological polar surface area (TPSA) is 69.6 Å². The van der Waals surface area contributed by atoms with Gasteiger partial charge in [0.2, 0.25) is 0 Å². The second-order valence-electron chi connectivity index (χ2n) is 3.14. The van der Waals surface area contributed by atoms with E-state index in [1.807, 2.05) is 26.2 Å². The molecule has 0 radical (unpaired) electrons. The maximum absolute atomic E-state index is 5.68. The van der Waals surface area contributed by atoms with Crippen molar-refractivity contribution in [1.29, 1.82) is 0 Å². The van der Waals surface area contributed by atoms with Gasteiger partial charge in [0, 0.05) is 25.0 Å². The monoisotopic (exact) mass is 189 g/mol. The van der Waals surface area contributed by atoms with Crippen molar-refractivity contribution in [2.75, 3.05) is 5.73 Å². The van der Waals surface area contributed by atoms with Gasteiger partial charge in [0.15, 0.2) is 5.82 Å². The molecule has 5 heteroatoms. The molecule has 0 amide bonds. The number of nitrogen functional groups attached to an aromatic ring is 1. The molecule has 0 unspecified atom stereocenters. The highest BCUT2D eigenvalue weighted by Gasteiger charge is 2.05. The van der Waals surface area contributed by atoms with Gasteiger partial charge < -0.3 is 5.73 Å². The van der Waals surface area contributed by atoms with Crippen molar-refractivity contribution in [3.05, 3.63) is 24.0 Å². The van der Waals surface area contributed by atoms with E-state index in [0.717, 1.165) is 11.3 Å². The largest absolute Gasteiger partial charge is 0.383 e. The summed E-state index contributed by atoms with van der Waals surface area (Å²) in [6, 6.07) is 1.85. The van der Waals surface area contributed by atoms with Gasteiger partial charge in [0.25, 0.3) is 0 Å². The maximum Gasteiger partial charge on any atom is 0.182 e. The number of rotatable bonds is 1.